The van der Waals surface area contributed by atoms with Crippen molar-refractivity contribution < 1.29 is 13.2 Å². The number of aromatic nitrogens is 3. The molecule has 1 aliphatic heterocycles. The van der Waals surface area contributed by atoms with Gasteiger partial charge in [0.05, 0.1) is 17.3 Å². The van der Waals surface area contributed by atoms with E-state index in [-0.39, 0.29) is 29.5 Å². The molecule has 1 aromatic rings. The molecule has 4 aliphatic rings. The Morgan fingerprint density at radius 2 is 1.85 bits per heavy atom. The summed E-state index contributed by atoms with van der Waals surface area (Å²) >= 11 is 1.47. The number of hydrogen-bond acceptors (Lipinski definition) is 6. The van der Waals surface area contributed by atoms with E-state index in [1.165, 1.54) is 37.4 Å². The van der Waals surface area contributed by atoms with Crippen molar-refractivity contribution in [3.8, 4) is 0 Å². The van der Waals surface area contributed by atoms with E-state index in [1.807, 2.05) is 4.90 Å². The SMILES string of the molecule is O=C(CSc1nnc(C2CC2)n1C1CC1)N(C1CC1)[C@H]1CCS(=O)(=O)C1. The van der Waals surface area contributed by atoms with Crippen LogP contribution in [0.3, 0.4) is 0 Å². The van der Waals surface area contributed by atoms with Crippen LogP contribution in [0.25, 0.3) is 0 Å². The minimum atomic E-state index is -2.98. The van der Waals surface area contributed by atoms with Gasteiger partial charge in [-0.2, -0.15) is 0 Å². The van der Waals surface area contributed by atoms with Crippen LogP contribution in [0.1, 0.15) is 62.7 Å². The lowest BCUT2D eigenvalue weighted by atomic mass is 10.2. The molecule has 7 nitrogen and oxygen atoms in total. The molecule has 26 heavy (non-hydrogen) atoms. The Kier molecular flexibility index (Phi) is 4.08. The second kappa shape index (κ2) is 6.22. The topological polar surface area (TPSA) is 85.2 Å². The number of amides is 1. The van der Waals surface area contributed by atoms with Gasteiger partial charge in [0.25, 0.3) is 0 Å². The average molecular weight is 397 g/mol. The molecule has 9 heteroatoms. The number of thioether (sulfide) groups is 1. The van der Waals surface area contributed by atoms with Crippen molar-refractivity contribution in [1.29, 1.82) is 0 Å². The van der Waals surface area contributed by atoms with Crippen LogP contribution in [-0.2, 0) is 14.6 Å². The summed E-state index contributed by atoms with van der Waals surface area (Å²) in [6.45, 7) is 0. The molecule has 0 unspecified atom stereocenters. The van der Waals surface area contributed by atoms with Crippen molar-refractivity contribution >= 4 is 27.5 Å². The highest BCUT2D eigenvalue weighted by Crippen LogP contribution is 2.46. The van der Waals surface area contributed by atoms with E-state index in [0.29, 0.717) is 24.1 Å². The van der Waals surface area contributed by atoms with Crippen molar-refractivity contribution in [1.82, 2.24) is 19.7 Å². The summed E-state index contributed by atoms with van der Waals surface area (Å²) in [6.07, 6.45) is 7.31. The molecule has 0 radical (unpaired) electrons. The molecule has 1 atom stereocenters. The van der Waals surface area contributed by atoms with E-state index in [9.17, 15) is 13.2 Å². The Morgan fingerprint density at radius 1 is 1.08 bits per heavy atom. The first-order chi connectivity index (χ1) is 12.5. The predicted octanol–water partition coefficient (Wildman–Crippen LogP) is 1.76. The van der Waals surface area contributed by atoms with E-state index in [1.54, 1.807) is 0 Å². The first-order valence-corrected chi connectivity index (χ1v) is 12.4. The van der Waals surface area contributed by atoms with Crippen LogP contribution in [-0.4, -0.2) is 63.3 Å². The molecule has 1 amide bonds. The van der Waals surface area contributed by atoms with Crippen molar-refractivity contribution in [2.75, 3.05) is 17.3 Å². The van der Waals surface area contributed by atoms with E-state index in [4.69, 9.17) is 0 Å². The van der Waals surface area contributed by atoms with E-state index in [0.717, 1.165) is 23.8 Å². The number of carbonyl (C=O) groups excluding carboxylic acids is 1. The molecule has 0 aromatic carbocycles. The molecule has 4 fully saturated rings. The molecule has 3 aliphatic carbocycles. The minimum absolute atomic E-state index is 0.0536. The van der Waals surface area contributed by atoms with E-state index >= 15 is 0 Å². The normalized spacial score (nSPS) is 27.6. The maximum absolute atomic E-state index is 12.9. The molecule has 0 spiro atoms. The largest absolute Gasteiger partial charge is 0.335 e. The number of hydrogen-bond donors (Lipinski definition) is 0. The molecule has 0 bridgehead atoms. The summed E-state index contributed by atoms with van der Waals surface area (Å²) in [5, 5.41) is 9.61. The van der Waals surface area contributed by atoms with Crippen molar-refractivity contribution in [3.05, 3.63) is 5.82 Å². The fourth-order valence-electron chi connectivity index (χ4n) is 3.94. The number of rotatable bonds is 7. The van der Waals surface area contributed by atoms with Gasteiger partial charge in [0.15, 0.2) is 15.0 Å². The molecule has 1 saturated heterocycles. The zero-order chi connectivity index (χ0) is 17.9. The number of sulfone groups is 1. The molecule has 5 rings (SSSR count). The molecule has 3 saturated carbocycles. The van der Waals surface area contributed by atoms with Gasteiger partial charge in [0.2, 0.25) is 5.91 Å². The predicted molar refractivity (Wildman–Crippen MR) is 97.9 cm³/mol. The van der Waals surface area contributed by atoms with E-state index < -0.39 is 9.84 Å². The van der Waals surface area contributed by atoms with Gasteiger partial charge in [-0.1, -0.05) is 11.8 Å². The Bertz CT molecular complexity index is 825. The standard InChI is InChI=1S/C17H24N4O3S2/c22-15(20(12-3-4-12)14-7-8-26(23,24)10-14)9-25-17-19-18-16(11-1-2-11)21(17)13-5-6-13/h11-14H,1-10H2/t14-/m0/s1. The molecular formula is C17H24N4O3S2. The third kappa shape index (κ3) is 3.40. The summed E-state index contributed by atoms with van der Waals surface area (Å²) in [6, 6.07) is 0.617. The lowest BCUT2D eigenvalue weighted by Gasteiger charge is -2.28. The lowest BCUT2D eigenvalue weighted by Crippen LogP contribution is -2.43. The van der Waals surface area contributed by atoms with Gasteiger partial charge in [0.1, 0.15) is 5.82 Å². The van der Waals surface area contributed by atoms with Gasteiger partial charge >= 0.3 is 0 Å². The smallest absolute Gasteiger partial charge is 0.233 e. The van der Waals surface area contributed by atoms with Gasteiger partial charge < -0.3 is 9.47 Å². The van der Waals surface area contributed by atoms with Crippen LogP contribution in [0.5, 0.6) is 0 Å². The quantitative estimate of drug-likeness (QED) is 0.653. The van der Waals surface area contributed by atoms with Crippen LogP contribution in [0, 0.1) is 0 Å². The van der Waals surface area contributed by atoms with E-state index in [2.05, 4.69) is 14.8 Å². The average Bonchev–Trinajstić information content (AvgIpc) is 3.46. The second-order valence-electron chi connectivity index (χ2n) is 8.09. The van der Waals surface area contributed by atoms with Gasteiger partial charge in [-0.05, 0) is 44.9 Å². The highest BCUT2D eigenvalue weighted by atomic mass is 32.2. The van der Waals surface area contributed by atoms with Crippen LogP contribution in [0.15, 0.2) is 5.16 Å². The lowest BCUT2D eigenvalue weighted by molar-refractivity contribution is -0.130. The molecule has 1 aromatic heterocycles. The van der Waals surface area contributed by atoms with Gasteiger partial charge in [-0.25, -0.2) is 8.42 Å². The molecule has 2 heterocycles. The van der Waals surface area contributed by atoms with Crippen molar-refractivity contribution in [2.45, 2.75) is 74.1 Å². The summed E-state index contributed by atoms with van der Waals surface area (Å²) in [5.41, 5.74) is 0. The maximum atomic E-state index is 12.9. The Hall–Kier alpha value is -1.09. The second-order valence-corrected chi connectivity index (χ2v) is 11.3. The first kappa shape index (κ1) is 17.0. The van der Waals surface area contributed by atoms with Crippen LogP contribution < -0.4 is 0 Å². The summed E-state index contributed by atoms with van der Waals surface area (Å²) in [4.78, 5) is 14.8. The zero-order valence-corrected chi connectivity index (χ0v) is 16.3. The minimum Gasteiger partial charge on any atom is -0.335 e. The molecule has 142 valence electrons. The van der Waals surface area contributed by atoms with Crippen LogP contribution in [0.2, 0.25) is 0 Å². The van der Waals surface area contributed by atoms with Gasteiger partial charge in [-0.15, -0.1) is 10.2 Å². The van der Waals surface area contributed by atoms with Crippen molar-refractivity contribution in [2.24, 2.45) is 0 Å². The third-order valence-corrected chi connectivity index (χ3v) is 8.38. The highest BCUT2D eigenvalue weighted by Gasteiger charge is 2.42. The number of nitrogens with zero attached hydrogens (tertiary/aromatic N) is 4. The monoisotopic (exact) mass is 396 g/mol. The summed E-state index contributed by atoms with van der Waals surface area (Å²) in [7, 11) is -2.98. The summed E-state index contributed by atoms with van der Waals surface area (Å²) < 4.78 is 25.9. The highest BCUT2D eigenvalue weighted by molar-refractivity contribution is 7.99. The molecule has 0 N–H and O–H groups in total. The maximum Gasteiger partial charge on any atom is 0.233 e. The van der Waals surface area contributed by atoms with Gasteiger partial charge in [-0.3, -0.25) is 4.79 Å². The Labute approximate surface area is 157 Å². The van der Waals surface area contributed by atoms with Gasteiger partial charge in [0, 0.05) is 24.0 Å². The number of carbonyl (C=O) groups is 1. The van der Waals surface area contributed by atoms with Crippen LogP contribution >= 0.6 is 11.8 Å². The van der Waals surface area contributed by atoms with Crippen molar-refractivity contribution in [3.63, 3.8) is 0 Å². The summed E-state index contributed by atoms with van der Waals surface area (Å²) in [5.74, 6) is 2.37. The first-order valence-electron chi connectivity index (χ1n) is 9.61. The Balaban J connectivity index is 1.28. The zero-order valence-electron chi connectivity index (χ0n) is 14.7. The fourth-order valence-corrected chi connectivity index (χ4v) is 6.53. The third-order valence-electron chi connectivity index (χ3n) is 5.70. The fraction of sp³-hybridized carbons (Fsp3) is 0.824. The Morgan fingerprint density at radius 3 is 2.42 bits per heavy atom. The van der Waals surface area contributed by atoms with Crippen LogP contribution in [0.4, 0.5) is 0 Å². The molecular weight excluding hydrogens is 372 g/mol.